The molecule has 0 radical (unpaired) electrons. The lowest BCUT2D eigenvalue weighted by atomic mass is 10.1. The number of rotatable bonds is 7. The van der Waals surface area contributed by atoms with E-state index in [9.17, 15) is 4.79 Å². The van der Waals surface area contributed by atoms with Crippen LogP contribution in [0, 0.1) is 0 Å². The van der Waals surface area contributed by atoms with Crippen LogP contribution in [0.2, 0.25) is 15.1 Å². The number of aliphatic imine (C=N–C) groups is 1. The lowest BCUT2D eigenvalue weighted by Gasteiger charge is -2.28. The van der Waals surface area contributed by atoms with Crippen molar-refractivity contribution in [1.29, 1.82) is 0 Å². The average molecular weight is 680 g/mol. The highest BCUT2D eigenvalue weighted by Crippen LogP contribution is 2.39. The fraction of sp³-hybridized carbons (Fsp3) is 0.267. The third-order valence-electron chi connectivity index (χ3n) is 6.69. The van der Waals surface area contributed by atoms with Crippen molar-refractivity contribution < 1.29 is 9.53 Å². The van der Waals surface area contributed by atoms with Crippen molar-refractivity contribution >= 4 is 91.0 Å². The number of ether oxygens (including phenoxy) is 1. The molecule has 5 nitrogen and oxygen atoms in total. The summed E-state index contributed by atoms with van der Waals surface area (Å²) in [7, 11) is 0. The first-order valence-corrected chi connectivity index (χ1v) is 15.8. The molecule has 10 heteroatoms. The van der Waals surface area contributed by atoms with Gasteiger partial charge in [0.05, 0.1) is 30.1 Å². The summed E-state index contributed by atoms with van der Waals surface area (Å²) >= 11 is 23.6. The number of amidine groups is 1. The Kier molecular flexibility index (Phi) is 9.69. The molecule has 0 unspecified atom stereocenters. The first-order valence-electron chi connectivity index (χ1n) is 13.0. The van der Waals surface area contributed by atoms with Crippen molar-refractivity contribution in [3.8, 4) is 5.75 Å². The molecular weight excluding hydrogens is 653 g/mol. The van der Waals surface area contributed by atoms with Gasteiger partial charge in [-0.3, -0.25) is 9.69 Å². The lowest BCUT2D eigenvalue weighted by Crippen LogP contribution is -2.29. The largest absolute Gasteiger partial charge is 0.486 e. The van der Waals surface area contributed by atoms with Crippen molar-refractivity contribution in [3.05, 3.63) is 90.2 Å². The van der Waals surface area contributed by atoms with Gasteiger partial charge in [-0.05, 0) is 120 Å². The maximum absolute atomic E-state index is 13.2. The molecule has 0 N–H and O–H groups in total. The van der Waals surface area contributed by atoms with Crippen LogP contribution >= 0.6 is 62.5 Å². The third-order valence-corrected chi connectivity index (χ3v) is 9.30. The molecule has 2 fully saturated rings. The molecule has 2 aliphatic rings. The van der Waals surface area contributed by atoms with Gasteiger partial charge in [0, 0.05) is 25.3 Å². The summed E-state index contributed by atoms with van der Waals surface area (Å²) in [5, 5.41) is 2.04. The van der Waals surface area contributed by atoms with Crippen molar-refractivity contribution in [2.24, 2.45) is 4.99 Å². The van der Waals surface area contributed by atoms with E-state index in [2.05, 4.69) is 33.0 Å². The molecule has 1 amide bonds. The van der Waals surface area contributed by atoms with E-state index in [0.29, 0.717) is 41.9 Å². The number of amides is 1. The molecule has 2 saturated heterocycles. The molecule has 3 aromatic carbocycles. The van der Waals surface area contributed by atoms with Crippen LogP contribution in [0.4, 0.5) is 11.4 Å². The number of hydrogen-bond acceptors (Lipinski definition) is 5. The molecule has 2 aliphatic heterocycles. The van der Waals surface area contributed by atoms with Crippen LogP contribution < -0.4 is 9.64 Å². The topological polar surface area (TPSA) is 45.1 Å². The van der Waals surface area contributed by atoms with Gasteiger partial charge in [0.25, 0.3) is 5.91 Å². The van der Waals surface area contributed by atoms with Crippen LogP contribution in [0.5, 0.6) is 5.75 Å². The minimum Gasteiger partial charge on any atom is -0.486 e. The third kappa shape index (κ3) is 6.82. The quantitative estimate of drug-likeness (QED) is 0.234. The van der Waals surface area contributed by atoms with E-state index in [0.717, 1.165) is 29.9 Å². The van der Waals surface area contributed by atoms with Crippen molar-refractivity contribution in [3.63, 3.8) is 0 Å². The molecule has 0 atom stereocenters. The maximum Gasteiger partial charge on any atom is 0.266 e. The molecule has 0 saturated carbocycles. The second-order valence-corrected chi connectivity index (χ2v) is 12.6. The summed E-state index contributed by atoms with van der Waals surface area (Å²) in [6.45, 7) is 4.94. The second kappa shape index (κ2) is 13.2. The average Bonchev–Trinajstić information content (AvgIpc) is 3.24. The monoisotopic (exact) mass is 677 g/mol. The van der Waals surface area contributed by atoms with Gasteiger partial charge in [-0.15, -0.1) is 0 Å². The van der Waals surface area contributed by atoms with Crippen molar-refractivity contribution in [1.82, 2.24) is 4.90 Å². The zero-order valence-corrected chi connectivity index (χ0v) is 26.5. The Balaban J connectivity index is 1.31. The van der Waals surface area contributed by atoms with Gasteiger partial charge >= 0.3 is 0 Å². The molecule has 3 aromatic rings. The molecular formula is C30H27BrCl3N3O2S. The summed E-state index contributed by atoms with van der Waals surface area (Å²) in [4.78, 5) is 22.7. The fourth-order valence-electron chi connectivity index (χ4n) is 4.61. The number of carbonyl (C=O) groups excluding carboxylic acids is 1. The minimum absolute atomic E-state index is 0.0802. The first-order chi connectivity index (χ1) is 19.3. The molecule has 0 aromatic heterocycles. The highest BCUT2D eigenvalue weighted by Gasteiger charge is 2.32. The zero-order valence-electron chi connectivity index (χ0n) is 21.8. The number of piperidine rings is 1. The summed E-state index contributed by atoms with van der Waals surface area (Å²) in [6, 6.07) is 17.3. The van der Waals surface area contributed by atoms with Crippen LogP contribution in [-0.2, 0) is 11.4 Å². The van der Waals surface area contributed by atoms with E-state index >= 15 is 0 Å². The van der Waals surface area contributed by atoms with Crippen molar-refractivity contribution in [2.45, 2.75) is 32.8 Å². The van der Waals surface area contributed by atoms with E-state index in [1.54, 1.807) is 23.1 Å². The predicted octanol–water partition coefficient (Wildman–Crippen LogP) is 9.60. The van der Waals surface area contributed by atoms with Crippen LogP contribution in [0.15, 0.2) is 69.0 Å². The summed E-state index contributed by atoms with van der Waals surface area (Å²) in [5.41, 5.74) is 3.69. The normalized spacial score (nSPS) is 17.8. The van der Waals surface area contributed by atoms with Gasteiger partial charge < -0.3 is 9.64 Å². The van der Waals surface area contributed by atoms with Gasteiger partial charge in [-0.1, -0.05) is 40.9 Å². The van der Waals surface area contributed by atoms with Gasteiger partial charge in [0.2, 0.25) is 0 Å². The Morgan fingerprint density at radius 1 is 0.975 bits per heavy atom. The van der Waals surface area contributed by atoms with Crippen LogP contribution in [0.3, 0.4) is 0 Å². The standard InChI is InChI=1S/C30H27BrCl3N3O2S/c1-2-37-29(38)27(40-30(37)35-21-7-9-22(10-8-21)36-12-4-3-5-13-36)17-20-14-23(31)28(26(34)16-20)39-18-19-6-11-24(32)25(33)15-19/h6-11,14-17H,2-5,12-13,18H2,1H3/b27-17-,35-30?. The van der Waals surface area contributed by atoms with E-state index in [-0.39, 0.29) is 12.5 Å². The molecule has 0 bridgehead atoms. The Morgan fingerprint density at radius 2 is 1.73 bits per heavy atom. The maximum atomic E-state index is 13.2. The number of hydrogen-bond donors (Lipinski definition) is 0. The molecule has 5 rings (SSSR count). The number of halogens is 4. The zero-order chi connectivity index (χ0) is 28.2. The summed E-state index contributed by atoms with van der Waals surface area (Å²) in [6.07, 6.45) is 5.60. The van der Waals surface area contributed by atoms with Gasteiger partial charge in [-0.25, -0.2) is 4.99 Å². The smallest absolute Gasteiger partial charge is 0.266 e. The Morgan fingerprint density at radius 3 is 2.40 bits per heavy atom. The molecule has 0 spiro atoms. The van der Waals surface area contributed by atoms with Crippen LogP contribution in [-0.4, -0.2) is 35.6 Å². The summed E-state index contributed by atoms with van der Waals surface area (Å²) in [5.74, 6) is 0.425. The number of benzene rings is 3. The molecule has 40 heavy (non-hydrogen) atoms. The van der Waals surface area contributed by atoms with E-state index in [1.807, 2.05) is 37.3 Å². The fourth-order valence-corrected chi connectivity index (χ4v) is 6.98. The van der Waals surface area contributed by atoms with E-state index < -0.39 is 0 Å². The molecule has 2 heterocycles. The minimum atomic E-state index is -0.0802. The Labute approximate surface area is 262 Å². The van der Waals surface area contributed by atoms with Crippen LogP contribution in [0.25, 0.3) is 6.08 Å². The van der Waals surface area contributed by atoms with Gasteiger partial charge in [-0.2, -0.15) is 0 Å². The van der Waals surface area contributed by atoms with E-state index in [4.69, 9.17) is 44.5 Å². The van der Waals surface area contributed by atoms with E-state index in [1.165, 1.54) is 36.7 Å². The predicted molar refractivity (Wildman–Crippen MR) is 173 cm³/mol. The number of nitrogens with zero attached hydrogens (tertiary/aromatic N) is 3. The number of thioether (sulfide) groups is 1. The first kappa shape index (κ1) is 29.3. The molecule has 0 aliphatic carbocycles. The van der Waals surface area contributed by atoms with Gasteiger partial charge in [0.15, 0.2) is 10.9 Å². The highest BCUT2D eigenvalue weighted by molar-refractivity contribution is 9.10. The SMILES string of the molecule is CCN1C(=O)/C(=C/c2cc(Cl)c(OCc3ccc(Cl)c(Cl)c3)c(Br)c2)SC1=Nc1ccc(N2CCCCC2)cc1. The lowest BCUT2D eigenvalue weighted by molar-refractivity contribution is -0.122. The number of likely N-dealkylation sites (N-methyl/N-ethyl adjacent to an activating group) is 1. The Bertz CT molecular complexity index is 1450. The van der Waals surface area contributed by atoms with Crippen LogP contribution in [0.1, 0.15) is 37.3 Å². The highest BCUT2D eigenvalue weighted by atomic mass is 79.9. The van der Waals surface area contributed by atoms with Crippen molar-refractivity contribution in [2.75, 3.05) is 24.5 Å². The summed E-state index contributed by atoms with van der Waals surface area (Å²) < 4.78 is 6.63. The number of anilines is 1. The second-order valence-electron chi connectivity index (χ2n) is 9.47. The van der Waals surface area contributed by atoms with Gasteiger partial charge in [0.1, 0.15) is 6.61 Å². The Hall–Kier alpha value is -2.16. The molecule has 208 valence electrons. The number of carbonyl (C=O) groups is 1.